The third-order valence-electron chi connectivity index (χ3n) is 3.65. The molecule has 0 spiro atoms. The predicted molar refractivity (Wildman–Crippen MR) is 71.1 cm³/mol. The third-order valence-corrected chi connectivity index (χ3v) is 3.65. The molecule has 110 valence electrons. The zero-order valence-electron chi connectivity index (χ0n) is 11.1. The maximum atomic E-state index is 13.7. The van der Waals surface area contributed by atoms with Gasteiger partial charge >= 0.3 is 0 Å². The fraction of sp³-hybridized carbons (Fsp3) is 0.500. The molecule has 0 saturated carbocycles. The summed E-state index contributed by atoms with van der Waals surface area (Å²) in [5.74, 6) is -2.22. The van der Waals surface area contributed by atoms with E-state index in [4.69, 9.17) is 10.8 Å². The Morgan fingerprint density at radius 3 is 2.85 bits per heavy atom. The molecule has 1 fully saturated rings. The first kappa shape index (κ1) is 14.7. The van der Waals surface area contributed by atoms with Gasteiger partial charge in [-0.25, -0.2) is 8.78 Å². The van der Waals surface area contributed by atoms with Gasteiger partial charge in [-0.3, -0.25) is 4.79 Å². The van der Waals surface area contributed by atoms with Gasteiger partial charge in [-0.05, 0) is 31.7 Å². The van der Waals surface area contributed by atoms with Gasteiger partial charge in [-0.2, -0.15) is 0 Å². The van der Waals surface area contributed by atoms with E-state index >= 15 is 0 Å². The van der Waals surface area contributed by atoms with Crippen molar-refractivity contribution < 1.29 is 18.7 Å². The van der Waals surface area contributed by atoms with Gasteiger partial charge in [0.25, 0.3) is 5.91 Å². The van der Waals surface area contributed by atoms with Gasteiger partial charge in [0.2, 0.25) is 0 Å². The van der Waals surface area contributed by atoms with Gasteiger partial charge in [0, 0.05) is 25.3 Å². The summed E-state index contributed by atoms with van der Waals surface area (Å²) in [5.41, 5.74) is 4.97. The van der Waals surface area contributed by atoms with Crippen LogP contribution in [0.1, 0.15) is 36.0 Å². The molecule has 0 aliphatic carbocycles. The molecule has 20 heavy (non-hydrogen) atoms. The van der Waals surface area contributed by atoms with Gasteiger partial charge < -0.3 is 15.7 Å². The van der Waals surface area contributed by atoms with E-state index in [0.717, 1.165) is 18.9 Å². The van der Waals surface area contributed by atoms with E-state index in [2.05, 4.69) is 0 Å². The Hall–Kier alpha value is -1.69. The Kier molecular flexibility index (Phi) is 4.54. The van der Waals surface area contributed by atoms with Crippen LogP contribution in [0.5, 0.6) is 0 Å². The van der Waals surface area contributed by atoms with E-state index in [1.54, 1.807) is 4.90 Å². The fourth-order valence-corrected chi connectivity index (χ4v) is 2.61. The van der Waals surface area contributed by atoms with Crippen LogP contribution in [-0.4, -0.2) is 35.1 Å². The third kappa shape index (κ3) is 2.90. The van der Waals surface area contributed by atoms with E-state index < -0.39 is 17.5 Å². The Labute approximate surface area is 116 Å². The van der Waals surface area contributed by atoms with Crippen LogP contribution in [0.4, 0.5) is 14.5 Å². The van der Waals surface area contributed by atoms with Crippen LogP contribution in [0.15, 0.2) is 12.1 Å². The van der Waals surface area contributed by atoms with E-state index in [1.807, 2.05) is 0 Å². The summed E-state index contributed by atoms with van der Waals surface area (Å²) in [6.45, 7) is 0.613. The Morgan fingerprint density at radius 2 is 2.15 bits per heavy atom. The molecular formula is C14H18F2N2O2. The number of amides is 1. The van der Waals surface area contributed by atoms with Crippen LogP contribution < -0.4 is 5.73 Å². The number of benzene rings is 1. The Balaban J connectivity index is 2.20. The lowest BCUT2D eigenvalue weighted by Crippen LogP contribution is -2.36. The van der Waals surface area contributed by atoms with Gasteiger partial charge in [-0.15, -0.1) is 0 Å². The number of nitrogens with two attached hydrogens (primary N) is 1. The van der Waals surface area contributed by atoms with E-state index in [-0.39, 0.29) is 23.9 Å². The number of anilines is 1. The fourth-order valence-electron chi connectivity index (χ4n) is 2.61. The van der Waals surface area contributed by atoms with Gasteiger partial charge in [0.05, 0.1) is 11.3 Å². The van der Waals surface area contributed by atoms with Gasteiger partial charge in [0.1, 0.15) is 11.6 Å². The van der Waals surface area contributed by atoms with Crippen molar-refractivity contribution in [2.45, 2.75) is 31.7 Å². The first-order valence-corrected chi connectivity index (χ1v) is 6.71. The molecule has 1 aliphatic heterocycles. The van der Waals surface area contributed by atoms with E-state index in [9.17, 15) is 13.6 Å². The molecule has 0 bridgehead atoms. The molecule has 1 saturated heterocycles. The second-order valence-electron chi connectivity index (χ2n) is 5.01. The van der Waals surface area contributed by atoms with Crippen molar-refractivity contribution in [3.05, 3.63) is 29.3 Å². The summed E-state index contributed by atoms with van der Waals surface area (Å²) in [5, 5.41) is 8.86. The number of aliphatic hydroxyl groups is 1. The van der Waals surface area contributed by atoms with Crippen molar-refractivity contribution in [2.75, 3.05) is 18.9 Å². The molecule has 1 aromatic rings. The van der Waals surface area contributed by atoms with Gasteiger partial charge in [0.15, 0.2) is 0 Å². The predicted octanol–water partition coefficient (Wildman–Crippen LogP) is 1.92. The van der Waals surface area contributed by atoms with Crippen molar-refractivity contribution in [1.29, 1.82) is 0 Å². The van der Waals surface area contributed by atoms with Crippen LogP contribution in [0.25, 0.3) is 0 Å². The molecule has 3 N–H and O–H groups in total. The smallest absolute Gasteiger partial charge is 0.257 e. The standard InChI is InChI=1S/C14H18F2N2O2/c15-11-8-12(16)13(17)7-10(11)14(20)18-5-1-3-9(18)4-2-6-19/h7-9,19H,1-6,17H2. The van der Waals surface area contributed by atoms with Crippen LogP contribution in [0.2, 0.25) is 0 Å². The highest BCUT2D eigenvalue weighted by molar-refractivity contribution is 5.95. The summed E-state index contributed by atoms with van der Waals surface area (Å²) in [6, 6.07) is 1.69. The highest BCUT2D eigenvalue weighted by Crippen LogP contribution is 2.25. The van der Waals surface area contributed by atoms with Crippen molar-refractivity contribution in [3.8, 4) is 0 Å². The van der Waals surface area contributed by atoms with E-state index in [1.165, 1.54) is 0 Å². The summed E-state index contributed by atoms with van der Waals surface area (Å²) < 4.78 is 26.9. The number of halogens is 2. The lowest BCUT2D eigenvalue weighted by molar-refractivity contribution is 0.0719. The second-order valence-corrected chi connectivity index (χ2v) is 5.01. The number of hydrogen-bond donors (Lipinski definition) is 2. The largest absolute Gasteiger partial charge is 0.396 e. The number of rotatable bonds is 4. The number of aliphatic hydroxyl groups excluding tert-OH is 1. The first-order chi connectivity index (χ1) is 9.54. The number of hydrogen-bond acceptors (Lipinski definition) is 3. The normalized spacial score (nSPS) is 18.6. The monoisotopic (exact) mass is 284 g/mol. The Bertz CT molecular complexity index is 508. The average Bonchev–Trinajstić information content (AvgIpc) is 2.88. The summed E-state index contributed by atoms with van der Waals surface area (Å²) >= 11 is 0. The molecular weight excluding hydrogens is 266 g/mol. The molecule has 1 heterocycles. The van der Waals surface area contributed by atoms with Crippen LogP contribution in [0, 0.1) is 11.6 Å². The number of carbonyl (C=O) groups is 1. The van der Waals surface area contributed by atoms with Crippen molar-refractivity contribution >= 4 is 11.6 Å². The molecule has 0 radical (unpaired) electrons. The molecule has 1 aliphatic rings. The molecule has 4 nitrogen and oxygen atoms in total. The minimum Gasteiger partial charge on any atom is -0.396 e. The maximum absolute atomic E-state index is 13.7. The van der Waals surface area contributed by atoms with E-state index in [0.29, 0.717) is 25.5 Å². The Morgan fingerprint density at radius 1 is 1.40 bits per heavy atom. The highest BCUT2D eigenvalue weighted by Gasteiger charge is 2.30. The highest BCUT2D eigenvalue weighted by atomic mass is 19.1. The number of carbonyl (C=O) groups excluding carboxylic acids is 1. The SMILES string of the molecule is Nc1cc(C(=O)N2CCCC2CCCO)c(F)cc1F. The zero-order chi connectivity index (χ0) is 14.7. The lowest BCUT2D eigenvalue weighted by Gasteiger charge is -2.25. The lowest BCUT2D eigenvalue weighted by atomic mass is 10.1. The maximum Gasteiger partial charge on any atom is 0.257 e. The van der Waals surface area contributed by atoms with Crippen molar-refractivity contribution in [2.24, 2.45) is 0 Å². The summed E-state index contributed by atoms with van der Waals surface area (Å²) in [7, 11) is 0. The minimum absolute atomic E-state index is 0.000303. The molecule has 1 unspecified atom stereocenters. The van der Waals surface area contributed by atoms with Gasteiger partial charge in [-0.1, -0.05) is 0 Å². The molecule has 1 aromatic carbocycles. The quantitative estimate of drug-likeness (QED) is 0.830. The molecule has 1 amide bonds. The number of nitrogen functional groups attached to an aromatic ring is 1. The summed E-state index contributed by atoms with van der Waals surface area (Å²) in [4.78, 5) is 13.9. The second kappa shape index (κ2) is 6.17. The number of likely N-dealkylation sites (tertiary alicyclic amines) is 1. The number of nitrogens with zero attached hydrogens (tertiary/aromatic N) is 1. The van der Waals surface area contributed by atoms with Crippen molar-refractivity contribution in [3.63, 3.8) is 0 Å². The molecule has 2 rings (SSSR count). The molecule has 6 heteroatoms. The van der Waals surface area contributed by atoms with Crippen LogP contribution in [-0.2, 0) is 0 Å². The zero-order valence-corrected chi connectivity index (χ0v) is 11.1. The molecule has 0 aromatic heterocycles. The summed E-state index contributed by atoms with van der Waals surface area (Å²) in [6.07, 6.45) is 2.97. The van der Waals surface area contributed by atoms with Crippen LogP contribution in [0.3, 0.4) is 0 Å². The van der Waals surface area contributed by atoms with Crippen LogP contribution >= 0.6 is 0 Å². The minimum atomic E-state index is -0.894. The average molecular weight is 284 g/mol. The molecule has 1 atom stereocenters. The van der Waals surface area contributed by atoms with Crippen molar-refractivity contribution in [1.82, 2.24) is 4.90 Å². The topological polar surface area (TPSA) is 66.6 Å². The first-order valence-electron chi connectivity index (χ1n) is 6.71.